The number of methoxy groups -OCH3 is 1. The maximum absolute atomic E-state index is 12.5. The summed E-state index contributed by atoms with van der Waals surface area (Å²) in [5.41, 5.74) is 0.210. The Labute approximate surface area is 154 Å². The molecule has 1 aromatic rings. The van der Waals surface area contributed by atoms with Gasteiger partial charge in [-0.1, -0.05) is 18.5 Å². The van der Waals surface area contributed by atoms with Gasteiger partial charge in [0, 0.05) is 19.1 Å². The molecule has 1 heterocycles. The number of piperidine rings is 1. The van der Waals surface area contributed by atoms with E-state index in [4.69, 9.17) is 11.6 Å². The number of sulfonamides is 1. The maximum atomic E-state index is 12.5. The second kappa shape index (κ2) is 8.49. The van der Waals surface area contributed by atoms with Crippen LogP contribution < -0.4 is 4.72 Å². The molecule has 25 heavy (non-hydrogen) atoms. The number of halogens is 1. The molecule has 1 N–H and O–H groups in total. The summed E-state index contributed by atoms with van der Waals surface area (Å²) in [6.45, 7) is 6.51. The van der Waals surface area contributed by atoms with Gasteiger partial charge in [-0.15, -0.1) is 0 Å². The van der Waals surface area contributed by atoms with Crippen LogP contribution in [-0.2, 0) is 14.8 Å². The van der Waals surface area contributed by atoms with Crippen LogP contribution in [0.4, 0.5) is 0 Å². The molecule has 2 unspecified atom stereocenters. The van der Waals surface area contributed by atoms with E-state index in [-0.39, 0.29) is 21.5 Å². The quantitative estimate of drug-likeness (QED) is 0.758. The molecule has 0 saturated carbocycles. The molecule has 1 saturated heterocycles. The first-order valence-corrected chi connectivity index (χ1v) is 10.2. The van der Waals surface area contributed by atoms with E-state index in [2.05, 4.69) is 21.3 Å². The van der Waals surface area contributed by atoms with Gasteiger partial charge < -0.3 is 4.74 Å². The molecule has 2 rings (SSSR count). The van der Waals surface area contributed by atoms with Gasteiger partial charge in [0.2, 0.25) is 10.0 Å². The largest absolute Gasteiger partial charge is 0.465 e. The molecule has 6 nitrogen and oxygen atoms in total. The molecule has 1 fully saturated rings. The number of carbonyl (C=O) groups excluding carboxylic acids is 1. The van der Waals surface area contributed by atoms with Gasteiger partial charge in [-0.25, -0.2) is 17.9 Å². The number of nitrogens with zero attached hydrogens (tertiary/aromatic N) is 1. The first kappa shape index (κ1) is 20.2. The highest BCUT2D eigenvalue weighted by molar-refractivity contribution is 7.89. The summed E-state index contributed by atoms with van der Waals surface area (Å²) in [5, 5.41) is -0.00496. The third-order valence-corrected chi connectivity index (χ3v) is 6.43. The summed E-state index contributed by atoms with van der Waals surface area (Å²) in [6, 6.07) is 4.12. The van der Waals surface area contributed by atoms with Crippen molar-refractivity contribution < 1.29 is 17.9 Å². The van der Waals surface area contributed by atoms with Gasteiger partial charge in [-0.05, 0) is 50.4 Å². The minimum atomic E-state index is -3.75. The first-order chi connectivity index (χ1) is 11.7. The molecule has 1 aromatic carbocycles. The highest BCUT2D eigenvalue weighted by atomic mass is 35.5. The number of carbonyl (C=O) groups is 1. The van der Waals surface area contributed by atoms with Gasteiger partial charge in [-0.3, -0.25) is 4.90 Å². The summed E-state index contributed by atoms with van der Waals surface area (Å²) in [5.74, 6) is 0.0692. The van der Waals surface area contributed by atoms with E-state index in [0.29, 0.717) is 12.5 Å². The van der Waals surface area contributed by atoms with Gasteiger partial charge in [0.1, 0.15) is 4.90 Å². The van der Waals surface area contributed by atoms with Crippen LogP contribution in [-0.4, -0.2) is 52.1 Å². The highest BCUT2D eigenvalue weighted by Gasteiger charge is 2.24. The number of hydrogen-bond donors (Lipinski definition) is 1. The third-order valence-electron chi connectivity index (χ3n) is 4.52. The number of esters is 1. The molecule has 0 bridgehead atoms. The summed E-state index contributed by atoms with van der Waals surface area (Å²) >= 11 is 6.06. The van der Waals surface area contributed by atoms with Crippen LogP contribution in [0.2, 0.25) is 5.02 Å². The predicted octanol–water partition coefficient (Wildman–Crippen LogP) is 2.53. The molecule has 0 radical (unpaired) electrons. The van der Waals surface area contributed by atoms with Crippen molar-refractivity contribution in [2.45, 2.75) is 37.6 Å². The van der Waals surface area contributed by atoms with Crippen molar-refractivity contribution in [3.63, 3.8) is 0 Å². The molecule has 0 aromatic heterocycles. The van der Waals surface area contributed by atoms with Gasteiger partial charge in [0.05, 0.1) is 17.7 Å². The minimum Gasteiger partial charge on any atom is -0.465 e. The number of benzene rings is 1. The van der Waals surface area contributed by atoms with E-state index < -0.39 is 16.0 Å². The Hall–Kier alpha value is -1.15. The van der Waals surface area contributed by atoms with Crippen LogP contribution in [0.5, 0.6) is 0 Å². The molecule has 0 amide bonds. The predicted molar refractivity (Wildman–Crippen MR) is 97.4 cm³/mol. The Morgan fingerprint density at radius 1 is 1.48 bits per heavy atom. The Kier molecular flexibility index (Phi) is 6.85. The topological polar surface area (TPSA) is 75.7 Å². The molecule has 2 atom stereocenters. The van der Waals surface area contributed by atoms with Gasteiger partial charge in [-0.2, -0.15) is 0 Å². The second-order valence-electron chi connectivity index (χ2n) is 6.58. The summed E-state index contributed by atoms with van der Waals surface area (Å²) in [7, 11) is -2.49. The van der Waals surface area contributed by atoms with E-state index >= 15 is 0 Å². The minimum absolute atomic E-state index is 0.00496. The van der Waals surface area contributed by atoms with Crippen molar-refractivity contribution >= 4 is 27.6 Å². The molecular weight excluding hydrogens is 364 g/mol. The van der Waals surface area contributed by atoms with Crippen LogP contribution in [0, 0.1) is 5.92 Å². The lowest BCUT2D eigenvalue weighted by Gasteiger charge is -2.35. The van der Waals surface area contributed by atoms with Crippen molar-refractivity contribution in [1.82, 2.24) is 9.62 Å². The monoisotopic (exact) mass is 388 g/mol. The van der Waals surface area contributed by atoms with E-state index in [1.165, 1.54) is 31.7 Å². The highest BCUT2D eigenvalue weighted by Crippen LogP contribution is 2.23. The van der Waals surface area contributed by atoms with E-state index in [0.717, 1.165) is 19.5 Å². The average molecular weight is 389 g/mol. The Bertz CT molecular complexity index is 723. The van der Waals surface area contributed by atoms with Gasteiger partial charge >= 0.3 is 5.97 Å². The standard InChI is InChI=1S/C17H25ClN2O4S/c1-12-5-4-8-20(11-12)13(2)10-19-25(22,23)16-7-6-14(9-15(16)18)17(21)24-3/h6-7,9,12-13,19H,4-5,8,10-11H2,1-3H3. The fourth-order valence-electron chi connectivity index (χ4n) is 3.03. The summed E-state index contributed by atoms with van der Waals surface area (Å²) in [6.07, 6.45) is 2.36. The third kappa shape index (κ3) is 5.17. The lowest BCUT2D eigenvalue weighted by molar-refractivity contribution is 0.0600. The lowest BCUT2D eigenvalue weighted by Crippen LogP contribution is -2.46. The molecule has 0 spiro atoms. The lowest BCUT2D eigenvalue weighted by atomic mass is 9.99. The van der Waals surface area contributed by atoms with Crippen LogP contribution in [0.3, 0.4) is 0 Å². The first-order valence-electron chi connectivity index (χ1n) is 8.36. The molecule has 140 valence electrons. The Balaban J connectivity index is 2.05. The fraction of sp³-hybridized carbons (Fsp3) is 0.588. The second-order valence-corrected chi connectivity index (χ2v) is 8.72. The zero-order valence-electron chi connectivity index (χ0n) is 14.8. The molecule has 0 aliphatic carbocycles. The maximum Gasteiger partial charge on any atom is 0.337 e. The van der Waals surface area contributed by atoms with Crippen molar-refractivity contribution in [3.8, 4) is 0 Å². The normalized spacial score (nSPS) is 20.2. The van der Waals surface area contributed by atoms with E-state index in [1.54, 1.807) is 0 Å². The summed E-state index contributed by atoms with van der Waals surface area (Å²) < 4.78 is 32.3. The fourth-order valence-corrected chi connectivity index (χ4v) is 4.69. The zero-order chi connectivity index (χ0) is 18.6. The van der Waals surface area contributed by atoms with Crippen molar-refractivity contribution in [2.75, 3.05) is 26.7 Å². The van der Waals surface area contributed by atoms with Crippen LogP contribution in [0.15, 0.2) is 23.1 Å². The number of rotatable bonds is 6. The Morgan fingerprint density at radius 3 is 2.80 bits per heavy atom. The number of ether oxygens (including phenoxy) is 1. The average Bonchev–Trinajstić information content (AvgIpc) is 2.58. The van der Waals surface area contributed by atoms with Crippen LogP contribution in [0.25, 0.3) is 0 Å². The Morgan fingerprint density at radius 2 is 2.20 bits per heavy atom. The smallest absolute Gasteiger partial charge is 0.337 e. The molecule has 1 aliphatic heterocycles. The molecule has 8 heteroatoms. The van der Waals surface area contributed by atoms with Gasteiger partial charge in [0.15, 0.2) is 0 Å². The van der Waals surface area contributed by atoms with Crippen molar-refractivity contribution in [2.24, 2.45) is 5.92 Å². The number of nitrogens with one attached hydrogen (secondary N) is 1. The summed E-state index contributed by atoms with van der Waals surface area (Å²) in [4.78, 5) is 13.8. The zero-order valence-corrected chi connectivity index (χ0v) is 16.4. The van der Waals surface area contributed by atoms with Gasteiger partial charge in [0.25, 0.3) is 0 Å². The number of hydrogen-bond acceptors (Lipinski definition) is 5. The molecule has 1 aliphatic rings. The van der Waals surface area contributed by atoms with E-state index in [1.807, 2.05) is 6.92 Å². The van der Waals surface area contributed by atoms with Crippen LogP contribution >= 0.6 is 11.6 Å². The number of likely N-dealkylation sites (tertiary alicyclic amines) is 1. The van der Waals surface area contributed by atoms with Crippen molar-refractivity contribution in [3.05, 3.63) is 28.8 Å². The van der Waals surface area contributed by atoms with E-state index in [9.17, 15) is 13.2 Å². The van der Waals surface area contributed by atoms with Crippen molar-refractivity contribution in [1.29, 1.82) is 0 Å². The molecular formula is C17H25ClN2O4S. The van der Waals surface area contributed by atoms with Crippen LogP contribution in [0.1, 0.15) is 37.0 Å². The SMILES string of the molecule is COC(=O)c1ccc(S(=O)(=O)NCC(C)N2CCCC(C)C2)c(Cl)c1.